The molecule has 3 aromatic rings. The smallest absolute Gasteiger partial charge is 0.252 e. The highest BCUT2D eigenvalue weighted by atomic mass is 16.3. The Kier molecular flexibility index (Phi) is 5.09. The van der Waals surface area contributed by atoms with Crippen LogP contribution in [0.15, 0.2) is 43.0 Å². The summed E-state index contributed by atoms with van der Waals surface area (Å²) in [4.78, 5) is 23.1. The van der Waals surface area contributed by atoms with Crippen LogP contribution in [0, 0.1) is 12.3 Å². The predicted octanol–water partition coefficient (Wildman–Crippen LogP) is 1.82. The maximum atomic E-state index is 12.9. The third-order valence-electron chi connectivity index (χ3n) is 5.72. The van der Waals surface area contributed by atoms with E-state index in [4.69, 9.17) is 0 Å². The van der Waals surface area contributed by atoms with Gasteiger partial charge in [-0.05, 0) is 42.9 Å². The number of nitrogens with zero attached hydrogens (tertiary/aromatic N) is 5. The number of hydrogen-bond acceptors (Lipinski definition) is 5. The third-order valence-corrected chi connectivity index (χ3v) is 5.72. The average Bonchev–Trinajstić information content (AvgIpc) is 3.18. The zero-order valence-corrected chi connectivity index (χ0v) is 16.1. The highest BCUT2D eigenvalue weighted by molar-refractivity contribution is 5.78. The van der Waals surface area contributed by atoms with Gasteiger partial charge < -0.3 is 10.0 Å². The number of aliphatic hydroxyl groups excluding tert-OH is 1. The molecule has 7 heteroatoms. The summed E-state index contributed by atoms with van der Waals surface area (Å²) in [5, 5.41) is 14.3. The summed E-state index contributed by atoms with van der Waals surface area (Å²) < 4.78 is 1.58. The Morgan fingerprint density at radius 1 is 1.29 bits per heavy atom. The Hall–Kier alpha value is -2.80. The molecule has 1 fully saturated rings. The van der Waals surface area contributed by atoms with Crippen molar-refractivity contribution in [3.8, 4) is 0 Å². The molecule has 1 aliphatic rings. The van der Waals surface area contributed by atoms with Crippen LogP contribution in [0.25, 0.3) is 5.78 Å². The van der Waals surface area contributed by atoms with Gasteiger partial charge in [0.15, 0.2) is 0 Å². The summed E-state index contributed by atoms with van der Waals surface area (Å²) in [6.45, 7) is 3.49. The van der Waals surface area contributed by atoms with Crippen molar-refractivity contribution < 1.29 is 9.90 Å². The summed E-state index contributed by atoms with van der Waals surface area (Å²) in [5.74, 6) is 0.579. The monoisotopic (exact) mass is 379 g/mol. The van der Waals surface area contributed by atoms with Gasteiger partial charge >= 0.3 is 0 Å². The molecule has 3 heterocycles. The number of carbonyl (C=O) groups is 1. The minimum Gasteiger partial charge on any atom is -0.396 e. The van der Waals surface area contributed by atoms with Crippen molar-refractivity contribution in [3.05, 3.63) is 59.7 Å². The molecule has 1 N–H and O–H groups in total. The maximum absolute atomic E-state index is 12.9. The molecule has 1 amide bonds. The number of likely N-dealkylation sites (tertiary alicyclic amines) is 1. The summed E-state index contributed by atoms with van der Waals surface area (Å²) in [5.41, 5.74) is 2.99. The summed E-state index contributed by atoms with van der Waals surface area (Å²) in [7, 11) is 0. The zero-order valence-electron chi connectivity index (χ0n) is 16.1. The number of aromatic nitrogens is 4. The first-order chi connectivity index (χ1) is 13.6. The number of fused-ring (bicyclic) bond motifs is 1. The Labute approximate surface area is 164 Å². The second-order valence-corrected chi connectivity index (χ2v) is 7.82. The normalized spacial score (nSPS) is 19.9. The lowest BCUT2D eigenvalue weighted by Crippen LogP contribution is -2.49. The first-order valence-corrected chi connectivity index (χ1v) is 9.66. The molecular weight excluding hydrogens is 354 g/mol. The standard InChI is InChI=1S/C21H25N5O2/c1-16-5-2-3-6-18(16)10-21(14-27)7-4-8-25(13-21)19(28)9-17-11-22-20-23-15-24-26(20)12-17/h2-3,5-6,11-12,15,27H,4,7-10,13-14H2,1H3. The topological polar surface area (TPSA) is 83.6 Å². The van der Waals surface area contributed by atoms with Gasteiger partial charge in [-0.3, -0.25) is 4.79 Å². The second kappa shape index (κ2) is 7.67. The molecule has 1 aliphatic heterocycles. The minimum atomic E-state index is -0.284. The minimum absolute atomic E-state index is 0.0589. The van der Waals surface area contributed by atoms with E-state index >= 15 is 0 Å². The maximum Gasteiger partial charge on any atom is 0.252 e. The van der Waals surface area contributed by atoms with Crippen LogP contribution in [0.2, 0.25) is 0 Å². The zero-order chi connectivity index (χ0) is 19.6. The molecule has 1 saturated heterocycles. The van der Waals surface area contributed by atoms with Gasteiger partial charge in [-0.2, -0.15) is 10.1 Å². The lowest BCUT2D eigenvalue weighted by Gasteiger charge is -2.42. The molecule has 0 bridgehead atoms. The fourth-order valence-electron chi connectivity index (χ4n) is 4.10. The van der Waals surface area contributed by atoms with Crippen molar-refractivity contribution in [1.82, 2.24) is 24.5 Å². The van der Waals surface area contributed by atoms with E-state index in [9.17, 15) is 9.90 Å². The van der Waals surface area contributed by atoms with Crippen LogP contribution in [-0.2, 0) is 17.6 Å². The van der Waals surface area contributed by atoms with Gasteiger partial charge in [0.25, 0.3) is 5.78 Å². The molecule has 1 atom stereocenters. The molecule has 1 aromatic carbocycles. The Balaban J connectivity index is 1.48. The van der Waals surface area contributed by atoms with Gasteiger partial charge in [0.2, 0.25) is 5.91 Å². The number of benzene rings is 1. The fraction of sp³-hybridized carbons (Fsp3) is 0.429. The number of carbonyl (C=O) groups excluding carboxylic acids is 1. The average molecular weight is 379 g/mol. The van der Waals surface area contributed by atoms with Crippen molar-refractivity contribution >= 4 is 11.7 Å². The molecule has 0 spiro atoms. The number of piperidine rings is 1. The summed E-state index contributed by atoms with van der Waals surface area (Å²) in [6.07, 6.45) is 7.80. The molecule has 146 valence electrons. The highest BCUT2D eigenvalue weighted by Gasteiger charge is 2.37. The molecule has 2 aromatic heterocycles. The van der Waals surface area contributed by atoms with Crippen molar-refractivity contribution in [2.45, 2.75) is 32.6 Å². The van der Waals surface area contributed by atoms with E-state index in [1.807, 2.05) is 17.0 Å². The van der Waals surface area contributed by atoms with E-state index in [2.05, 4.69) is 34.1 Å². The lowest BCUT2D eigenvalue weighted by atomic mass is 9.75. The third kappa shape index (κ3) is 3.75. The van der Waals surface area contributed by atoms with Gasteiger partial charge in [-0.25, -0.2) is 9.50 Å². The predicted molar refractivity (Wildman–Crippen MR) is 105 cm³/mol. The number of hydrogen-bond donors (Lipinski definition) is 1. The molecule has 0 saturated carbocycles. The molecule has 0 radical (unpaired) electrons. The summed E-state index contributed by atoms with van der Waals surface area (Å²) >= 11 is 0. The van der Waals surface area contributed by atoms with Crippen molar-refractivity contribution in [1.29, 1.82) is 0 Å². The lowest BCUT2D eigenvalue weighted by molar-refractivity contribution is -0.134. The van der Waals surface area contributed by atoms with Gasteiger partial charge in [0, 0.05) is 30.9 Å². The largest absolute Gasteiger partial charge is 0.396 e. The van der Waals surface area contributed by atoms with Gasteiger partial charge in [0.05, 0.1) is 13.0 Å². The molecule has 28 heavy (non-hydrogen) atoms. The Morgan fingerprint density at radius 2 is 2.14 bits per heavy atom. The van der Waals surface area contributed by atoms with E-state index in [0.717, 1.165) is 31.4 Å². The number of amides is 1. The van der Waals surface area contributed by atoms with Crippen LogP contribution in [0.5, 0.6) is 0 Å². The number of aryl methyl sites for hydroxylation is 1. The Morgan fingerprint density at radius 3 is 2.96 bits per heavy atom. The van der Waals surface area contributed by atoms with Crippen LogP contribution in [0.1, 0.15) is 29.5 Å². The molecule has 7 nitrogen and oxygen atoms in total. The van der Waals surface area contributed by atoms with E-state index in [-0.39, 0.29) is 24.3 Å². The van der Waals surface area contributed by atoms with Crippen molar-refractivity contribution in [3.63, 3.8) is 0 Å². The van der Waals surface area contributed by atoms with Gasteiger partial charge in [-0.15, -0.1) is 0 Å². The van der Waals surface area contributed by atoms with Crippen LogP contribution in [0.3, 0.4) is 0 Å². The van der Waals surface area contributed by atoms with Gasteiger partial charge in [-0.1, -0.05) is 24.3 Å². The Bertz CT molecular complexity index is 986. The molecule has 4 rings (SSSR count). The fourth-order valence-corrected chi connectivity index (χ4v) is 4.10. The number of aliphatic hydroxyl groups is 1. The summed E-state index contributed by atoms with van der Waals surface area (Å²) in [6, 6.07) is 8.28. The van der Waals surface area contributed by atoms with E-state index < -0.39 is 0 Å². The van der Waals surface area contributed by atoms with Crippen LogP contribution in [-0.4, -0.2) is 55.2 Å². The highest BCUT2D eigenvalue weighted by Crippen LogP contribution is 2.34. The van der Waals surface area contributed by atoms with Crippen LogP contribution < -0.4 is 0 Å². The molecule has 1 unspecified atom stereocenters. The van der Waals surface area contributed by atoms with Crippen LogP contribution in [0.4, 0.5) is 0 Å². The van der Waals surface area contributed by atoms with E-state index in [0.29, 0.717) is 12.3 Å². The first-order valence-electron chi connectivity index (χ1n) is 9.66. The van der Waals surface area contributed by atoms with E-state index in [1.54, 1.807) is 16.9 Å². The first kappa shape index (κ1) is 18.6. The number of rotatable bonds is 5. The SMILES string of the molecule is Cc1ccccc1CC1(CO)CCCN(C(=O)Cc2cnc3ncnn3c2)C1. The van der Waals surface area contributed by atoms with Crippen LogP contribution >= 0.6 is 0 Å². The van der Waals surface area contributed by atoms with E-state index in [1.165, 1.54) is 17.5 Å². The quantitative estimate of drug-likeness (QED) is 0.731. The van der Waals surface area contributed by atoms with Gasteiger partial charge in [0.1, 0.15) is 6.33 Å². The second-order valence-electron chi connectivity index (χ2n) is 7.82. The molecular formula is C21H25N5O2. The molecule has 0 aliphatic carbocycles. The van der Waals surface area contributed by atoms with Crippen molar-refractivity contribution in [2.75, 3.05) is 19.7 Å². The van der Waals surface area contributed by atoms with Crippen molar-refractivity contribution in [2.24, 2.45) is 5.41 Å².